The van der Waals surface area contributed by atoms with Gasteiger partial charge < -0.3 is 9.30 Å². The van der Waals surface area contributed by atoms with E-state index in [9.17, 15) is 0 Å². The largest absolute Gasteiger partial charge is 0.380 e. The summed E-state index contributed by atoms with van der Waals surface area (Å²) >= 11 is 1.55. The Hall–Kier alpha value is -0.610. The second kappa shape index (κ2) is 4.94. The van der Waals surface area contributed by atoms with E-state index >= 15 is 0 Å². The molecule has 15 heavy (non-hydrogen) atoms. The molecule has 0 aromatic carbocycles. The Morgan fingerprint density at radius 1 is 1.47 bits per heavy atom. The van der Waals surface area contributed by atoms with E-state index in [1.165, 1.54) is 4.88 Å². The normalized spacial score (nSPS) is 12.0. The summed E-state index contributed by atoms with van der Waals surface area (Å²) in [4.78, 5) is 1.86. The van der Waals surface area contributed by atoms with Crippen molar-refractivity contribution in [1.29, 1.82) is 5.41 Å². The molecule has 0 unspecified atom stereocenters. The summed E-state index contributed by atoms with van der Waals surface area (Å²) in [5.41, 5.74) is 0.136. The minimum atomic E-state index is 0.136. The maximum absolute atomic E-state index is 7.83. The van der Waals surface area contributed by atoms with Crippen molar-refractivity contribution in [3.63, 3.8) is 0 Å². The number of aromatic nitrogens is 1. The average molecular weight is 228 g/mol. The van der Waals surface area contributed by atoms with Crippen molar-refractivity contribution in [2.45, 2.75) is 39.7 Å². The van der Waals surface area contributed by atoms with Gasteiger partial charge in [0.25, 0.3) is 0 Å². The van der Waals surface area contributed by atoms with Gasteiger partial charge in [0.2, 0.25) is 0 Å². The molecule has 0 spiro atoms. The summed E-state index contributed by atoms with van der Waals surface area (Å²) in [6, 6.07) is 0. The Bertz CT molecular complexity index is 359. The van der Waals surface area contributed by atoms with E-state index < -0.39 is 0 Å². The highest BCUT2D eigenvalue weighted by Crippen LogP contribution is 2.23. The highest BCUT2D eigenvalue weighted by Gasteiger charge is 2.16. The first-order valence-corrected chi connectivity index (χ1v) is 6.10. The zero-order valence-corrected chi connectivity index (χ0v) is 10.8. The SMILES string of the molecule is CCOCCn1cc(C(C)(C)C)sc1=N. The number of nitrogens with one attached hydrogen (secondary N) is 1. The molecule has 86 valence electrons. The third-order valence-corrected chi connectivity index (χ3v) is 3.53. The zero-order valence-electron chi connectivity index (χ0n) is 9.96. The van der Waals surface area contributed by atoms with Gasteiger partial charge in [-0.15, -0.1) is 11.3 Å². The molecule has 1 rings (SSSR count). The molecule has 0 aliphatic carbocycles. The van der Waals surface area contributed by atoms with Crippen LogP contribution in [0.15, 0.2) is 6.20 Å². The van der Waals surface area contributed by atoms with Crippen molar-refractivity contribution >= 4 is 11.3 Å². The second-order valence-electron chi connectivity index (χ2n) is 4.54. The van der Waals surface area contributed by atoms with E-state index in [1.54, 1.807) is 11.3 Å². The monoisotopic (exact) mass is 228 g/mol. The van der Waals surface area contributed by atoms with E-state index in [4.69, 9.17) is 10.1 Å². The van der Waals surface area contributed by atoms with Crippen LogP contribution in [-0.4, -0.2) is 17.8 Å². The quantitative estimate of drug-likeness (QED) is 0.789. The van der Waals surface area contributed by atoms with Crippen molar-refractivity contribution in [1.82, 2.24) is 4.57 Å². The first-order chi connectivity index (χ1) is 6.95. The lowest BCUT2D eigenvalue weighted by Crippen LogP contribution is -2.15. The Morgan fingerprint density at radius 3 is 2.60 bits per heavy atom. The number of hydrogen-bond donors (Lipinski definition) is 1. The standard InChI is InChI=1S/C11H20N2OS/c1-5-14-7-6-13-8-9(11(2,3)4)15-10(13)12/h8,12H,5-7H2,1-4H3. The number of rotatable bonds is 4. The topological polar surface area (TPSA) is 38.0 Å². The zero-order chi connectivity index (χ0) is 11.5. The summed E-state index contributed by atoms with van der Waals surface area (Å²) in [6.07, 6.45) is 2.08. The van der Waals surface area contributed by atoms with Crippen LogP contribution < -0.4 is 4.80 Å². The Balaban J connectivity index is 2.74. The van der Waals surface area contributed by atoms with Crippen molar-refractivity contribution < 1.29 is 4.74 Å². The molecular weight excluding hydrogens is 208 g/mol. The van der Waals surface area contributed by atoms with Crippen molar-refractivity contribution in [2.75, 3.05) is 13.2 Å². The summed E-state index contributed by atoms with van der Waals surface area (Å²) in [5.74, 6) is 0. The van der Waals surface area contributed by atoms with Gasteiger partial charge in [0.1, 0.15) is 0 Å². The molecule has 1 aromatic rings. The summed E-state index contributed by atoms with van der Waals surface area (Å²) < 4.78 is 7.25. The fraction of sp³-hybridized carbons (Fsp3) is 0.727. The number of ether oxygens (including phenoxy) is 1. The smallest absolute Gasteiger partial charge is 0.182 e. The molecule has 0 radical (unpaired) electrons. The van der Waals surface area contributed by atoms with Crippen molar-refractivity contribution in [2.24, 2.45) is 0 Å². The predicted octanol–water partition coefficient (Wildman–Crippen LogP) is 2.36. The van der Waals surface area contributed by atoms with Gasteiger partial charge in [0, 0.05) is 24.2 Å². The van der Waals surface area contributed by atoms with Crippen LogP contribution in [0.2, 0.25) is 0 Å². The van der Waals surface area contributed by atoms with Crippen molar-refractivity contribution in [3.05, 3.63) is 15.9 Å². The lowest BCUT2D eigenvalue weighted by atomic mass is 9.95. The van der Waals surface area contributed by atoms with Crippen LogP contribution >= 0.6 is 11.3 Å². The van der Waals surface area contributed by atoms with E-state index in [2.05, 4.69) is 27.0 Å². The third kappa shape index (κ3) is 3.47. The van der Waals surface area contributed by atoms with Crippen LogP contribution in [0, 0.1) is 5.41 Å². The van der Waals surface area contributed by atoms with Crippen LogP contribution in [0.4, 0.5) is 0 Å². The molecule has 0 saturated carbocycles. The Kier molecular flexibility index (Phi) is 4.11. The highest BCUT2D eigenvalue weighted by molar-refractivity contribution is 7.09. The van der Waals surface area contributed by atoms with Crippen LogP contribution in [-0.2, 0) is 16.7 Å². The van der Waals surface area contributed by atoms with Crippen LogP contribution in [0.1, 0.15) is 32.6 Å². The molecule has 0 aliphatic rings. The van der Waals surface area contributed by atoms with E-state index in [1.807, 2.05) is 11.5 Å². The molecule has 1 heterocycles. The first-order valence-electron chi connectivity index (χ1n) is 5.28. The minimum Gasteiger partial charge on any atom is -0.380 e. The fourth-order valence-corrected chi connectivity index (χ4v) is 2.17. The lowest BCUT2D eigenvalue weighted by Gasteiger charge is -2.14. The highest BCUT2D eigenvalue weighted by atomic mass is 32.1. The molecule has 0 atom stereocenters. The maximum Gasteiger partial charge on any atom is 0.182 e. The van der Waals surface area contributed by atoms with E-state index in [-0.39, 0.29) is 5.41 Å². The lowest BCUT2D eigenvalue weighted by molar-refractivity contribution is 0.138. The number of thiazole rings is 1. The van der Waals surface area contributed by atoms with Crippen LogP contribution in [0.25, 0.3) is 0 Å². The fourth-order valence-electron chi connectivity index (χ4n) is 1.21. The molecule has 3 nitrogen and oxygen atoms in total. The molecular formula is C11H20N2OS. The van der Waals surface area contributed by atoms with E-state index in [0.29, 0.717) is 11.4 Å². The second-order valence-corrected chi connectivity index (χ2v) is 5.57. The van der Waals surface area contributed by atoms with Gasteiger partial charge in [0.15, 0.2) is 4.80 Å². The predicted molar refractivity (Wildman–Crippen MR) is 63.4 cm³/mol. The van der Waals surface area contributed by atoms with Crippen LogP contribution in [0.3, 0.4) is 0 Å². The van der Waals surface area contributed by atoms with Gasteiger partial charge in [-0.2, -0.15) is 0 Å². The Labute approximate surface area is 95.2 Å². The van der Waals surface area contributed by atoms with E-state index in [0.717, 1.165) is 13.2 Å². The summed E-state index contributed by atoms with van der Waals surface area (Å²) in [6.45, 7) is 10.7. The summed E-state index contributed by atoms with van der Waals surface area (Å²) in [5, 5.41) is 7.83. The van der Waals surface area contributed by atoms with Gasteiger partial charge >= 0.3 is 0 Å². The minimum absolute atomic E-state index is 0.136. The molecule has 1 aromatic heterocycles. The van der Waals surface area contributed by atoms with Gasteiger partial charge in [-0.25, -0.2) is 0 Å². The van der Waals surface area contributed by atoms with Crippen LogP contribution in [0.5, 0.6) is 0 Å². The van der Waals surface area contributed by atoms with Gasteiger partial charge in [-0.05, 0) is 12.3 Å². The molecule has 0 amide bonds. The maximum atomic E-state index is 7.83. The summed E-state index contributed by atoms with van der Waals surface area (Å²) in [7, 11) is 0. The first kappa shape index (κ1) is 12.5. The molecule has 1 N–H and O–H groups in total. The van der Waals surface area contributed by atoms with Gasteiger partial charge in [-0.1, -0.05) is 20.8 Å². The molecule has 0 aliphatic heterocycles. The molecule has 0 saturated heterocycles. The van der Waals surface area contributed by atoms with Gasteiger partial charge in [-0.3, -0.25) is 5.41 Å². The number of nitrogens with zero attached hydrogens (tertiary/aromatic N) is 1. The number of hydrogen-bond acceptors (Lipinski definition) is 3. The van der Waals surface area contributed by atoms with Crippen molar-refractivity contribution in [3.8, 4) is 0 Å². The molecule has 0 fully saturated rings. The Morgan fingerprint density at radius 2 is 2.13 bits per heavy atom. The molecule has 0 bridgehead atoms. The van der Waals surface area contributed by atoms with Gasteiger partial charge in [0.05, 0.1) is 6.61 Å². The molecule has 4 heteroatoms. The average Bonchev–Trinajstić information content (AvgIpc) is 2.48. The third-order valence-electron chi connectivity index (χ3n) is 2.16.